The Morgan fingerprint density at radius 3 is 3.20 bits per heavy atom. The van der Waals surface area contributed by atoms with Gasteiger partial charge >= 0.3 is 0 Å². The average molecular weight is 157 g/mol. The molecule has 0 saturated carbocycles. The zero-order valence-corrected chi connectivity index (χ0v) is 5.93. The second-order valence-corrected chi connectivity index (χ2v) is 2.40. The highest BCUT2D eigenvalue weighted by Gasteiger charge is 2.16. The van der Waals surface area contributed by atoms with E-state index < -0.39 is 0 Å². The molecule has 0 bridgehead atoms. The molecule has 4 heteroatoms. The number of rotatable bonds is 0. The molecule has 0 aromatic carbocycles. The zero-order valence-electron chi connectivity index (χ0n) is 5.17. The number of hydrogen-bond donors (Lipinski definition) is 0. The van der Waals surface area contributed by atoms with E-state index in [2.05, 4.69) is 9.97 Å². The lowest BCUT2D eigenvalue weighted by molar-refractivity contribution is 0.356. The minimum absolute atomic E-state index is 0.419. The third-order valence-electron chi connectivity index (χ3n) is 1.42. The van der Waals surface area contributed by atoms with Crippen LogP contribution in [0.1, 0.15) is 5.69 Å². The largest absolute Gasteiger partial charge is 0.488 e. The number of fused-ring (bicyclic) bond motifs is 1. The van der Waals surface area contributed by atoms with Gasteiger partial charge in [0, 0.05) is 6.42 Å². The molecule has 52 valence electrons. The summed E-state index contributed by atoms with van der Waals surface area (Å²) in [6, 6.07) is 0. The molecule has 0 unspecified atom stereocenters. The lowest BCUT2D eigenvalue weighted by Gasteiger charge is -1.96. The van der Waals surface area contributed by atoms with Gasteiger partial charge in [-0.25, -0.2) is 9.97 Å². The van der Waals surface area contributed by atoms with Crippen LogP contribution in [-0.2, 0) is 6.42 Å². The van der Waals surface area contributed by atoms with E-state index in [4.69, 9.17) is 16.3 Å². The zero-order chi connectivity index (χ0) is 6.97. The smallest absolute Gasteiger partial charge is 0.178 e. The SMILES string of the molecule is Clc1ncnc2c1OCC2. The molecule has 0 atom stereocenters. The van der Waals surface area contributed by atoms with Crippen molar-refractivity contribution in [3.05, 3.63) is 17.2 Å². The van der Waals surface area contributed by atoms with Crippen LogP contribution in [0.2, 0.25) is 5.15 Å². The summed E-state index contributed by atoms with van der Waals surface area (Å²) in [5.41, 5.74) is 0.917. The van der Waals surface area contributed by atoms with Crippen LogP contribution in [0.5, 0.6) is 5.75 Å². The van der Waals surface area contributed by atoms with Crippen molar-refractivity contribution >= 4 is 11.6 Å². The van der Waals surface area contributed by atoms with E-state index in [9.17, 15) is 0 Å². The summed E-state index contributed by atoms with van der Waals surface area (Å²) in [5.74, 6) is 0.657. The Labute approximate surface area is 63.0 Å². The minimum Gasteiger partial charge on any atom is -0.488 e. The van der Waals surface area contributed by atoms with Crippen molar-refractivity contribution in [3.8, 4) is 5.75 Å². The van der Waals surface area contributed by atoms with E-state index in [0.29, 0.717) is 17.5 Å². The first kappa shape index (κ1) is 5.92. The topological polar surface area (TPSA) is 35.0 Å². The van der Waals surface area contributed by atoms with E-state index in [1.54, 1.807) is 0 Å². The van der Waals surface area contributed by atoms with Gasteiger partial charge in [0.1, 0.15) is 6.33 Å². The van der Waals surface area contributed by atoms with Crippen LogP contribution >= 0.6 is 11.6 Å². The normalized spacial score (nSPS) is 14.5. The lowest BCUT2D eigenvalue weighted by atomic mass is 10.3. The molecule has 1 aliphatic heterocycles. The van der Waals surface area contributed by atoms with E-state index in [-0.39, 0.29) is 0 Å². The molecule has 0 aliphatic carbocycles. The van der Waals surface area contributed by atoms with Crippen molar-refractivity contribution in [3.63, 3.8) is 0 Å². The van der Waals surface area contributed by atoms with Gasteiger partial charge in [-0.3, -0.25) is 0 Å². The fourth-order valence-corrected chi connectivity index (χ4v) is 1.16. The minimum atomic E-state index is 0.419. The molecule has 10 heavy (non-hydrogen) atoms. The molecule has 1 aliphatic rings. The lowest BCUT2D eigenvalue weighted by Crippen LogP contribution is -1.87. The number of halogens is 1. The molecule has 2 rings (SSSR count). The summed E-state index contributed by atoms with van der Waals surface area (Å²) >= 11 is 5.69. The van der Waals surface area contributed by atoms with Crippen molar-refractivity contribution in [2.24, 2.45) is 0 Å². The standard InChI is InChI=1S/C6H5ClN2O/c7-6-5-4(1-2-10-5)8-3-9-6/h3H,1-2H2. The van der Waals surface area contributed by atoms with Crippen LogP contribution < -0.4 is 4.74 Å². The molecule has 2 heterocycles. The molecule has 0 radical (unpaired) electrons. The van der Waals surface area contributed by atoms with E-state index in [1.165, 1.54) is 6.33 Å². The second-order valence-electron chi connectivity index (χ2n) is 2.04. The maximum atomic E-state index is 5.69. The number of aromatic nitrogens is 2. The van der Waals surface area contributed by atoms with E-state index >= 15 is 0 Å². The Morgan fingerprint density at radius 1 is 1.50 bits per heavy atom. The monoisotopic (exact) mass is 156 g/mol. The van der Waals surface area contributed by atoms with Gasteiger partial charge in [0.05, 0.1) is 12.3 Å². The predicted molar refractivity (Wildman–Crippen MR) is 36.2 cm³/mol. The van der Waals surface area contributed by atoms with E-state index in [1.807, 2.05) is 0 Å². The Hall–Kier alpha value is -0.830. The fraction of sp³-hybridized carbons (Fsp3) is 0.333. The summed E-state index contributed by atoms with van der Waals surface area (Å²) in [7, 11) is 0. The van der Waals surface area contributed by atoms with Crippen molar-refractivity contribution in [2.45, 2.75) is 6.42 Å². The van der Waals surface area contributed by atoms with Gasteiger partial charge in [-0.15, -0.1) is 0 Å². The fourth-order valence-electron chi connectivity index (χ4n) is 0.956. The van der Waals surface area contributed by atoms with Gasteiger partial charge in [-0.05, 0) is 0 Å². The Morgan fingerprint density at radius 2 is 2.40 bits per heavy atom. The molecular formula is C6H5ClN2O. The van der Waals surface area contributed by atoms with Gasteiger partial charge < -0.3 is 4.74 Å². The van der Waals surface area contributed by atoms with Crippen LogP contribution in [0, 0.1) is 0 Å². The van der Waals surface area contributed by atoms with Crippen LogP contribution in [0.15, 0.2) is 6.33 Å². The molecule has 1 aromatic rings. The third-order valence-corrected chi connectivity index (χ3v) is 1.69. The number of ether oxygens (including phenoxy) is 1. The summed E-state index contributed by atoms with van der Waals surface area (Å²) < 4.78 is 5.17. The van der Waals surface area contributed by atoms with Crippen molar-refractivity contribution in [1.29, 1.82) is 0 Å². The maximum Gasteiger partial charge on any atom is 0.178 e. The van der Waals surface area contributed by atoms with Crippen molar-refractivity contribution in [2.75, 3.05) is 6.61 Å². The predicted octanol–water partition coefficient (Wildman–Crippen LogP) is 1.06. The third kappa shape index (κ3) is 0.743. The van der Waals surface area contributed by atoms with Gasteiger partial charge in [-0.2, -0.15) is 0 Å². The molecular weight excluding hydrogens is 152 g/mol. The molecule has 0 spiro atoms. The summed E-state index contributed by atoms with van der Waals surface area (Å²) in [6.07, 6.45) is 2.30. The highest BCUT2D eigenvalue weighted by Crippen LogP contribution is 2.28. The first-order valence-electron chi connectivity index (χ1n) is 3.00. The summed E-state index contributed by atoms with van der Waals surface area (Å²) in [4.78, 5) is 7.78. The number of hydrogen-bond acceptors (Lipinski definition) is 3. The highest BCUT2D eigenvalue weighted by molar-refractivity contribution is 6.30. The molecule has 1 aromatic heterocycles. The van der Waals surface area contributed by atoms with Gasteiger partial charge in [0.2, 0.25) is 0 Å². The van der Waals surface area contributed by atoms with Gasteiger partial charge in [-0.1, -0.05) is 11.6 Å². The number of nitrogens with zero attached hydrogens (tertiary/aromatic N) is 2. The van der Waals surface area contributed by atoms with Gasteiger partial charge in [0.15, 0.2) is 10.9 Å². The van der Waals surface area contributed by atoms with Crippen LogP contribution in [-0.4, -0.2) is 16.6 Å². The Bertz CT molecular complexity index is 264. The first-order valence-corrected chi connectivity index (χ1v) is 3.38. The first-order chi connectivity index (χ1) is 4.88. The van der Waals surface area contributed by atoms with E-state index in [0.717, 1.165) is 12.1 Å². The van der Waals surface area contributed by atoms with Crippen LogP contribution in [0.4, 0.5) is 0 Å². The Kier molecular flexibility index (Phi) is 1.24. The van der Waals surface area contributed by atoms with Gasteiger partial charge in [0.25, 0.3) is 0 Å². The molecule has 0 fully saturated rings. The van der Waals surface area contributed by atoms with Crippen molar-refractivity contribution < 1.29 is 4.74 Å². The van der Waals surface area contributed by atoms with Crippen molar-refractivity contribution in [1.82, 2.24) is 9.97 Å². The quantitative estimate of drug-likeness (QED) is 0.527. The molecule has 0 N–H and O–H groups in total. The molecule has 0 saturated heterocycles. The van der Waals surface area contributed by atoms with Crippen LogP contribution in [0.3, 0.4) is 0 Å². The Balaban J connectivity index is 2.59. The average Bonchev–Trinajstić information content (AvgIpc) is 2.36. The second kappa shape index (κ2) is 2.09. The molecule has 0 amide bonds. The summed E-state index contributed by atoms with van der Waals surface area (Å²) in [5, 5.41) is 0.419. The molecule has 3 nitrogen and oxygen atoms in total. The summed E-state index contributed by atoms with van der Waals surface area (Å²) in [6.45, 7) is 0.674. The van der Waals surface area contributed by atoms with Crippen LogP contribution in [0.25, 0.3) is 0 Å². The maximum absolute atomic E-state index is 5.69. The highest BCUT2D eigenvalue weighted by atomic mass is 35.5.